The fourth-order valence-electron chi connectivity index (χ4n) is 14.7. The Morgan fingerprint density at radius 2 is 1.31 bits per heavy atom. The molecule has 0 aromatic heterocycles. The van der Waals surface area contributed by atoms with Crippen molar-refractivity contribution in [2.24, 2.45) is 59.2 Å². The summed E-state index contributed by atoms with van der Waals surface area (Å²) in [6, 6.07) is 13.1. The molecule has 0 spiro atoms. The number of fused-ring (bicyclic) bond motifs is 9. The number of halogens is 2. The van der Waals surface area contributed by atoms with Crippen molar-refractivity contribution in [1.29, 1.82) is 0 Å². The van der Waals surface area contributed by atoms with Crippen molar-refractivity contribution in [3.63, 3.8) is 0 Å². The normalized spacial score (nSPS) is 38.4. The van der Waals surface area contributed by atoms with Crippen molar-refractivity contribution in [3.8, 4) is 0 Å². The Labute approximate surface area is 344 Å². The molecule has 6 fully saturated rings. The van der Waals surface area contributed by atoms with Crippen LogP contribution in [-0.4, -0.2) is 18.3 Å². The molecule has 7 aliphatic rings. The minimum absolute atomic E-state index is 0. The molecule has 13 unspecified atom stereocenters. The van der Waals surface area contributed by atoms with Crippen LogP contribution in [0, 0.1) is 73.0 Å². The van der Waals surface area contributed by atoms with Crippen LogP contribution in [0.25, 0.3) is 16.8 Å². The Morgan fingerprint density at radius 1 is 0.712 bits per heavy atom. The van der Waals surface area contributed by atoms with Gasteiger partial charge in [-0.15, -0.1) is 0 Å². The summed E-state index contributed by atoms with van der Waals surface area (Å²) in [6.45, 7) is 17.9. The first-order valence-electron chi connectivity index (χ1n) is 21.7. The molecule has 2 aromatic rings. The van der Waals surface area contributed by atoms with E-state index in [4.69, 9.17) is 17.0 Å². The van der Waals surface area contributed by atoms with E-state index in [2.05, 4.69) is 96.2 Å². The SMILES string of the molecule is CC1=Cc2c(ccc3ccccc23)C1C.CC1[CH-]C2C3CCCCC3CCC2C1[Si](C)(C)C1C(C)CC2C3CCCCC3CCC21.C[SiH3].[CH3-].[Cl][Zr+2][Cl]. The molecule has 0 radical (unpaired) electrons. The zero-order chi connectivity index (χ0) is 36.4. The summed E-state index contributed by atoms with van der Waals surface area (Å²) in [6.07, 6.45) is 25.7. The summed E-state index contributed by atoms with van der Waals surface area (Å²) in [5.74, 6) is 11.3. The molecule has 0 N–H and O–H groups in total. The van der Waals surface area contributed by atoms with Gasteiger partial charge >= 0.3 is 37.9 Å². The van der Waals surface area contributed by atoms with Gasteiger partial charge in [0.2, 0.25) is 0 Å². The van der Waals surface area contributed by atoms with Crippen LogP contribution in [0.2, 0.25) is 30.7 Å². The second kappa shape index (κ2) is 19.2. The second-order valence-electron chi connectivity index (χ2n) is 18.7. The van der Waals surface area contributed by atoms with Crippen molar-refractivity contribution in [2.75, 3.05) is 0 Å². The summed E-state index contributed by atoms with van der Waals surface area (Å²) >= 11 is -0.826. The molecule has 2 aromatic carbocycles. The van der Waals surface area contributed by atoms with Gasteiger partial charge in [0.25, 0.3) is 0 Å². The number of hydrogen-bond acceptors (Lipinski definition) is 0. The van der Waals surface area contributed by atoms with Crippen molar-refractivity contribution in [3.05, 3.63) is 66.9 Å². The maximum absolute atomic E-state index is 4.93. The molecule has 0 bridgehead atoms. The molecule has 0 amide bonds. The van der Waals surface area contributed by atoms with Crippen LogP contribution in [0.1, 0.15) is 128 Å². The minimum atomic E-state index is -1.32. The van der Waals surface area contributed by atoms with Gasteiger partial charge in [0, 0.05) is 5.92 Å². The Balaban J connectivity index is 0.000000209. The fourth-order valence-corrected chi connectivity index (χ4v) is 21.2. The van der Waals surface area contributed by atoms with Gasteiger partial charge in [-0.3, -0.25) is 0 Å². The number of rotatable bonds is 2. The zero-order valence-corrected chi connectivity index (χ0v) is 41.5. The monoisotopic (exact) mass is 854 g/mol. The van der Waals surface area contributed by atoms with Gasteiger partial charge in [0.1, 0.15) is 0 Å². The first-order chi connectivity index (χ1) is 24.6. The number of allylic oxidation sites excluding steroid dienone is 1. The topological polar surface area (TPSA) is 0 Å². The van der Waals surface area contributed by atoms with E-state index in [0.29, 0.717) is 5.92 Å². The Morgan fingerprint density at radius 3 is 2.00 bits per heavy atom. The van der Waals surface area contributed by atoms with E-state index < -0.39 is 28.9 Å². The van der Waals surface area contributed by atoms with Crippen LogP contribution < -0.4 is 0 Å². The predicted octanol–water partition coefficient (Wildman–Crippen LogP) is 14.6. The van der Waals surface area contributed by atoms with Gasteiger partial charge in [-0.25, -0.2) is 0 Å². The third-order valence-corrected chi connectivity index (χ3v) is 21.7. The summed E-state index contributed by atoms with van der Waals surface area (Å²) in [4.78, 5) is 0. The van der Waals surface area contributed by atoms with Crippen molar-refractivity contribution < 1.29 is 20.8 Å². The van der Waals surface area contributed by atoms with Gasteiger partial charge in [0.05, 0.1) is 8.07 Å². The van der Waals surface area contributed by atoms with Crippen molar-refractivity contribution in [1.82, 2.24) is 0 Å². The van der Waals surface area contributed by atoms with Crippen LogP contribution in [-0.2, 0) is 20.8 Å². The first-order valence-corrected chi connectivity index (χ1v) is 33.1. The molecule has 0 saturated heterocycles. The van der Waals surface area contributed by atoms with E-state index in [-0.39, 0.29) is 7.43 Å². The standard InChI is InChI=1S/C30H51Si.C15H14.CH6Si.CH3.2ClH.Zr/c1-19-17-27-23-11-7-5-9-21(23)13-15-25(27)29(19)31(3,4)30-20(2)18-28-24-12-8-6-10-22(24)14-16-26(28)30;1-10-9-15-13(11(10)2)8-7-12-5-3-4-6-14(12)15;1-2;;;;/h17,19-30H,5-16,18H2,1-4H3;3-9,11H,1-2H3;1-2H3;1H3;2*1H;/q-1;;;-1;;;+4/p-2. The fraction of sp³-hybridized carbons (Fsp3) is 0.702. The molecule has 52 heavy (non-hydrogen) atoms. The van der Waals surface area contributed by atoms with Gasteiger partial charge in [-0.1, -0.05) is 164 Å². The first kappa shape index (κ1) is 43.5. The van der Waals surface area contributed by atoms with Gasteiger partial charge in [-0.05, 0) is 106 Å². The predicted molar refractivity (Wildman–Crippen MR) is 235 cm³/mol. The maximum atomic E-state index is 4.93. The molecule has 6 saturated carbocycles. The van der Waals surface area contributed by atoms with E-state index in [0.717, 1.165) is 70.3 Å². The molecule has 7 aliphatic carbocycles. The van der Waals surface area contributed by atoms with E-state index >= 15 is 0 Å². The molecule has 0 aliphatic heterocycles. The zero-order valence-electron chi connectivity index (χ0n) is 34.6. The third kappa shape index (κ3) is 8.46. The van der Waals surface area contributed by atoms with Crippen LogP contribution in [0.15, 0.2) is 42.0 Å². The van der Waals surface area contributed by atoms with E-state index in [1.54, 1.807) is 70.6 Å². The van der Waals surface area contributed by atoms with Crippen LogP contribution in [0.5, 0.6) is 0 Å². The Bertz CT molecular complexity index is 1420. The molecular weight excluding hydrogens is 783 g/mol. The summed E-state index contributed by atoms with van der Waals surface area (Å²) < 4.78 is 0. The summed E-state index contributed by atoms with van der Waals surface area (Å²) in [7, 11) is 9.85. The molecule has 0 heterocycles. The quantitative estimate of drug-likeness (QED) is 0.209. The van der Waals surface area contributed by atoms with Crippen LogP contribution >= 0.6 is 17.0 Å². The van der Waals surface area contributed by atoms with E-state index in [1.165, 1.54) is 50.6 Å². The second-order valence-corrected chi connectivity index (χ2v) is 27.5. The van der Waals surface area contributed by atoms with Crippen LogP contribution in [0.3, 0.4) is 0 Å². The van der Waals surface area contributed by atoms with Crippen molar-refractivity contribution in [2.45, 2.75) is 148 Å². The molecular formula is C47H74Cl2Si2Zr. The molecule has 0 nitrogen and oxygen atoms in total. The molecule has 13 atom stereocenters. The molecule has 288 valence electrons. The number of benzene rings is 2. The average Bonchev–Trinajstić information content (AvgIpc) is 3.79. The van der Waals surface area contributed by atoms with Crippen LogP contribution in [0.4, 0.5) is 0 Å². The van der Waals surface area contributed by atoms with E-state index in [9.17, 15) is 0 Å². The van der Waals surface area contributed by atoms with Gasteiger partial charge in [0.15, 0.2) is 0 Å². The van der Waals surface area contributed by atoms with Crippen molar-refractivity contribution >= 4 is 52.2 Å². The Kier molecular flexibility index (Phi) is 16.0. The average molecular weight is 857 g/mol. The van der Waals surface area contributed by atoms with Gasteiger partial charge < -0.3 is 13.8 Å². The third-order valence-electron chi connectivity index (χ3n) is 16.3. The van der Waals surface area contributed by atoms with E-state index in [1.807, 2.05) is 0 Å². The molecule has 9 rings (SSSR count). The summed E-state index contributed by atoms with van der Waals surface area (Å²) in [5, 5.41) is 2.73. The van der Waals surface area contributed by atoms with Gasteiger partial charge in [-0.2, -0.15) is 11.8 Å². The Hall–Kier alpha value is 0.337. The molecule has 5 heteroatoms. The number of hydrogen-bond donors (Lipinski definition) is 0. The summed E-state index contributed by atoms with van der Waals surface area (Å²) in [5.41, 5.74) is 6.60.